The molecule has 0 fully saturated rings. The molecule has 4 heteroatoms. The molecule has 2 atom stereocenters. The number of amides is 1. The quantitative estimate of drug-likeness (QED) is 0.123. The van der Waals surface area contributed by atoms with Crippen molar-refractivity contribution in [3.05, 3.63) is 12.2 Å². The first-order valence-corrected chi connectivity index (χ1v) is 12.3. The van der Waals surface area contributed by atoms with Crippen LogP contribution in [-0.4, -0.2) is 25.0 Å². The van der Waals surface area contributed by atoms with Crippen LogP contribution in [-0.2, 0) is 14.3 Å². The molecule has 0 aromatic carbocycles. The van der Waals surface area contributed by atoms with E-state index in [1.807, 2.05) is 20.8 Å². The summed E-state index contributed by atoms with van der Waals surface area (Å²) in [6, 6.07) is 0. The Balaban J connectivity index is 3.48. The Kier molecular flexibility index (Phi) is 21.2. The lowest BCUT2D eigenvalue weighted by Gasteiger charge is -2.22. The molecule has 0 saturated carbocycles. The molecule has 0 aromatic heterocycles. The molecule has 4 nitrogen and oxygen atoms in total. The van der Waals surface area contributed by atoms with Gasteiger partial charge >= 0.3 is 0 Å². The predicted molar refractivity (Wildman–Crippen MR) is 124 cm³/mol. The van der Waals surface area contributed by atoms with E-state index in [9.17, 15) is 4.79 Å². The second-order valence-electron chi connectivity index (χ2n) is 7.96. The van der Waals surface area contributed by atoms with E-state index in [4.69, 9.17) is 9.47 Å². The van der Waals surface area contributed by atoms with Crippen LogP contribution in [0.1, 0.15) is 124 Å². The van der Waals surface area contributed by atoms with Crippen molar-refractivity contribution >= 4 is 5.91 Å². The summed E-state index contributed by atoms with van der Waals surface area (Å²) in [5.74, 6) is 0.0816. The molecule has 0 rings (SSSR count). The van der Waals surface area contributed by atoms with Gasteiger partial charge in [0.05, 0.1) is 0 Å². The van der Waals surface area contributed by atoms with Gasteiger partial charge in [-0.25, -0.2) is 0 Å². The molecule has 2 unspecified atom stereocenters. The Labute approximate surface area is 181 Å². The van der Waals surface area contributed by atoms with E-state index >= 15 is 0 Å². The summed E-state index contributed by atoms with van der Waals surface area (Å²) in [6.45, 7) is 8.68. The average molecular weight is 412 g/mol. The molecule has 0 aliphatic heterocycles. The highest BCUT2D eigenvalue weighted by Gasteiger charge is 2.13. The second-order valence-corrected chi connectivity index (χ2v) is 7.96. The third-order valence-corrected chi connectivity index (χ3v) is 5.12. The minimum Gasteiger partial charge on any atom is -0.353 e. The summed E-state index contributed by atoms with van der Waals surface area (Å²) in [4.78, 5) is 12.0. The smallest absolute Gasteiger partial charge is 0.221 e. The molecule has 172 valence electrons. The van der Waals surface area contributed by atoms with Gasteiger partial charge in [-0.2, -0.15) is 0 Å². The van der Waals surface area contributed by atoms with Crippen LogP contribution in [0.3, 0.4) is 0 Å². The van der Waals surface area contributed by atoms with Crippen LogP contribution < -0.4 is 5.32 Å². The molecule has 0 radical (unpaired) electrons. The van der Waals surface area contributed by atoms with E-state index in [1.165, 1.54) is 70.6 Å². The molecule has 1 N–H and O–H groups in total. The summed E-state index contributed by atoms with van der Waals surface area (Å²) in [5, 5.41) is 2.96. The van der Waals surface area contributed by atoms with Gasteiger partial charge in [0.2, 0.25) is 5.91 Å². The SMILES string of the molecule is CCCCCCCC/C=C\CCCCCCCC(=O)NC(CC)OC(C)OCC. The maximum atomic E-state index is 12.0. The van der Waals surface area contributed by atoms with Gasteiger partial charge in [-0.05, 0) is 52.4 Å². The lowest BCUT2D eigenvalue weighted by Crippen LogP contribution is -2.38. The van der Waals surface area contributed by atoms with Crippen molar-refractivity contribution in [2.24, 2.45) is 0 Å². The number of hydrogen-bond acceptors (Lipinski definition) is 3. The molecular formula is C25H49NO3. The Hall–Kier alpha value is -0.870. The first-order chi connectivity index (χ1) is 14.1. The van der Waals surface area contributed by atoms with Crippen molar-refractivity contribution < 1.29 is 14.3 Å². The zero-order chi connectivity index (χ0) is 21.6. The van der Waals surface area contributed by atoms with Gasteiger partial charge < -0.3 is 14.8 Å². The van der Waals surface area contributed by atoms with Crippen molar-refractivity contribution in [2.45, 2.75) is 137 Å². The van der Waals surface area contributed by atoms with E-state index in [2.05, 4.69) is 24.4 Å². The molecule has 0 aromatic rings. The van der Waals surface area contributed by atoms with Gasteiger partial charge in [0, 0.05) is 13.0 Å². The average Bonchev–Trinajstić information content (AvgIpc) is 2.70. The predicted octanol–water partition coefficient (Wildman–Crippen LogP) is 7.28. The molecule has 0 aliphatic rings. The highest BCUT2D eigenvalue weighted by atomic mass is 16.7. The largest absolute Gasteiger partial charge is 0.353 e. The van der Waals surface area contributed by atoms with E-state index in [0.717, 1.165) is 19.3 Å². The summed E-state index contributed by atoms with van der Waals surface area (Å²) < 4.78 is 11.0. The molecule has 0 spiro atoms. The minimum absolute atomic E-state index is 0.0816. The lowest BCUT2D eigenvalue weighted by atomic mass is 10.1. The summed E-state index contributed by atoms with van der Waals surface area (Å²) in [7, 11) is 0. The van der Waals surface area contributed by atoms with Crippen LogP contribution in [0.25, 0.3) is 0 Å². The first-order valence-electron chi connectivity index (χ1n) is 12.3. The number of nitrogens with one attached hydrogen (secondary N) is 1. The molecular weight excluding hydrogens is 362 g/mol. The fourth-order valence-electron chi connectivity index (χ4n) is 3.35. The minimum atomic E-state index is -0.287. The van der Waals surface area contributed by atoms with E-state index in [1.54, 1.807) is 0 Å². The van der Waals surface area contributed by atoms with Crippen molar-refractivity contribution in [1.29, 1.82) is 0 Å². The Morgan fingerprint density at radius 1 is 0.828 bits per heavy atom. The number of hydrogen-bond donors (Lipinski definition) is 1. The van der Waals surface area contributed by atoms with Crippen LogP contribution >= 0.6 is 0 Å². The number of carbonyl (C=O) groups excluding carboxylic acids is 1. The van der Waals surface area contributed by atoms with Crippen molar-refractivity contribution in [3.8, 4) is 0 Å². The number of allylic oxidation sites excluding steroid dienone is 2. The van der Waals surface area contributed by atoms with Gasteiger partial charge in [-0.15, -0.1) is 0 Å². The van der Waals surface area contributed by atoms with Crippen molar-refractivity contribution in [1.82, 2.24) is 5.32 Å². The monoisotopic (exact) mass is 411 g/mol. The van der Waals surface area contributed by atoms with Gasteiger partial charge in [0.25, 0.3) is 0 Å². The third kappa shape index (κ3) is 20.2. The van der Waals surface area contributed by atoms with Gasteiger partial charge in [-0.1, -0.05) is 77.4 Å². The van der Waals surface area contributed by atoms with E-state index in [0.29, 0.717) is 13.0 Å². The second kappa shape index (κ2) is 21.8. The number of unbranched alkanes of at least 4 members (excludes halogenated alkanes) is 11. The van der Waals surface area contributed by atoms with E-state index in [-0.39, 0.29) is 18.4 Å². The maximum Gasteiger partial charge on any atom is 0.221 e. The molecule has 0 heterocycles. The number of ether oxygens (including phenoxy) is 2. The molecule has 0 saturated heterocycles. The van der Waals surface area contributed by atoms with Gasteiger partial charge in [0.1, 0.15) is 6.23 Å². The van der Waals surface area contributed by atoms with Crippen molar-refractivity contribution in [3.63, 3.8) is 0 Å². The highest BCUT2D eigenvalue weighted by molar-refractivity contribution is 5.75. The topological polar surface area (TPSA) is 47.6 Å². The lowest BCUT2D eigenvalue weighted by molar-refractivity contribution is -0.169. The summed E-state index contributed by atoms with van der Waals surface area (Å²) in [5.41, 5.74) is 0. The normalized spacial score (nSPS) is 13.7. The fraction of sp³-hybridized carbons (Fsp3) is 0.880. The van der Waals surface area contributed by atoms with Crippen LogP contribution in [0, 0.1) is 0 Å². The Morgan fingerprint density at radius 3 is 1.93 bits per heavy atom. The zero-order valence-corrected chi connectivity index (χ0v) is 19.8. The van der Waals surface area contributed by atoms with Crippen LogP contribution in [0.5, 0.6) is 0 Å². The maximum absolute atomic E-state index is 12.0. The molecule has 29 heavy (non-hydrogen) atoms. The van der Waals surface area contributed by atoms with Crippen LogP contribution in [0.15, 0.2) is 12.2 Å². The summed E-state index contributed by atoms with van der Waals surface area (Å²) >= 11 is 0. The van der Waals surface area contributed by atoms with Crippen molar-refractivity contribution in [2.75, 3.05) is 6.61 Å². The van der Waals surface area contributed by atoms with Crippen LogP contribution in [0.4, 0.5) is 0 Å². The molecule has 0 bridgehead atoms. The first kappa shape index (κ1) is 28.1. The number of carbonyl (C=O) groups is 1. The molecule has 0 aliphatic carbocycles. The Morgan fingerprint density at radius 2 is 1.38 bits per heavy atom. The zero-order valence-electron chi connectivity index (χ0n) is 19.8. The Bertz CT molecular complexity index is 384. The molecule has 1 amide bonds. The summed E-state index contributed by atoms with van der Waals surface area (Å²) in [6.07, 6.45) is 22.0. The van der Waals surface area contributed by atoms with Gasteiger partial charge in [-0.3, -0.25) is 4.79 Å². The highest BCUT2D eigenvalue weighted by Crippen LogP contribution is 2.10. The fourth-order valence-corrected chi connectivity index (χ4v) is 3.35. The van der Waals surface area contributed by atoms with E-state index < -0.39 is 0 Å². The van der Waals surface area contributed by atoms with Gasteiger partial charge in [0.15, 0.2) is 6.29 Å². The van der Waals surface area contributed by atoms with Crippen LogP contribution in [0.2, 0.25) is 0 Å². The number of rotatable bonds is 21. The standard InChI is InChI=1S/C25H49NO3/c1-5-8-9-10-11-12-13-14-15-16-17-18-19-20-21-22-24(27)26-25(6-2)29-23(4)28-7-3/h14-15,23,25H,5-13,16-22H2,1-4H3,(H,26,27)/b15-14-. The third-order valence-electron chi connectivity index (χ3n) is 5.12.